The summed E-state index contributed by atoms with van der Waals surface area (Å²) in [4.78, 5) is 20.8. The van der Waals surface area contributed by atoms with E-state index < -0.39 is 0 Å². The van der Waals surface area contributed by atoms with Gasteiger partial charge in [0.25, 0.3) is 5.91 Å². The molecule has 2 aromatic heterocycles. The Labute approximate surface area is 157 Å². The fourth-order valence-electron chi connectivity index (χ4n) is 3.58. The monoisotopic (exact) mass is 375 g/mol. The van der Waals surface area contributed by atoms with Crippen molar-refractivity contribution in [1.29, 1.82) is 0 Å². The number of aromatic nitrogens is 1. The van der Waals surface area contributed by atoms with E-state index in [9.17, 15) is 4.79 Å². The molecule has 7 heteroatoms. The third-order valence-corrected chi connectivity index (χ3v) is 6.10. The summed E-state index contributed by atoms with van der Waals surface area (Å²) < 4.78 is 11.2. The summed E-state index contributed by atoms with van der Waals surface area (Å²) in [6.45, 7) is 8.18. The molecule has 2 aliphatic rings. The lowest BCUT2D eigenvalue weighted by atomic mass is 9.93. The molecule has 4 rings (SSSR count). The van der Waals surface area contributed by atoms with Crippen molar-refractivity contribution in [2.24, 2.45) is 5.92 Å². The second kappa shape index (κ2) is 7.50. The van der Waals surface area contributed by atoms with Gasteiger partial charge in [0.2, 0.25) is 0 Å². The Kier molecular flexibility index (Phi) is 5.11. The maximum atomic E-state index is 12.6. The molecule has 1 atom stereocenters. The molecule has 1 saturated heterocycles. The van der Waals surface area contributed by atoms with Crippen LogP contribution in [0.4, 0.5) is 5.13 Å². The van der Waals surface area contributed by atoms with Crippen LogP contribution < -0.4 is 5.32 Å². The van der Waals surface area contributed by atoms with Crippen LogP contribution in [0.3, 0.4) is 0 Å². The van der Waals surface area contributed by atoms with E-state index in [2.05, 4.69) is 22.1 Å². The molecule has 1 aliphatic heterocycles. The van der Waals surface area contributed by atoms with E-state index in [1.165, 1.54) is 11.3 Å². The van der Waals surface area contributed by atoms with E-state index in [1.54, 1.807) is 11.3 Å². The third kappa shape index (κ3) is 3.84. The molecule has 0 aromatic carbocycles. The summed E-state index contributed by atoms with van der Waals surface area (Å²) in [6.07, 6.45) is 3.24. The van der Waals surface area contributed by atoms with Gasteiger partial charge in [0.05, 0.1) is 25.5 Å². The Hall–Kier alpha value is -1.70. The highest BCUT2D eigenvalue weighted by Crippen LogP contribution is 2.32. The zero-order chi connectivity index (χ0) is 18.1. The second-order valence-corrected chi connectivity index (χ2v) is 8.39. The Bertz CT molecular complexity index is 792. The number of nitrogens with one attached hydrogen (secondary N) is 1. The van der Waals surface area contributed by atoms with Crippen LogP contribution in [0.5, 0.6) is 0 Å². The molecule has 1 fully saturated rings. The van der Waals surface area contributed by atoms with Crippen molar-refractivity contribution in [3.63, 3.8) is 0 Å². The molecule has 1 amide bonds. The van der Waals surface area contributed by atoms with Gasteiger partial charge >= 0.3 is 0 Å². The van der Waals surface area contributed by atoms with Crippen LogP contribution in [0.15, 0.2) is 10.5 Å². The molecular weight excluding hydrogens is 350 g/mol. The number of anilines is 1. The zero-order valence-electron chi connectivity index (χ0n) is 15.3. The standard InChI is InChI=1S/C19H25N3O3S/c1-12-3-4-15-16(9-12)26-19(20-15)21-18(23)17-13(2)10-14(25-17)11-22-5-7-24-8-6-22/h10,12H,3-9,11H2,1-2H3,(H,20,21,23). The molecule has 3 heterocycles. The first kappa shape index (κ1) is 17.7. The minimum Gasteiger partial charge on any atom is -0.454 e. The van der Waals surface area contributed by atoms with E-state index in [4.69, 9.17) is 9.15 Å². The summed E-state index contributed by atoms with van der Waals surface area (Å²) in [5.74, 6) is 1.69. The predicted octanol–water partition coefficient (Wildman–Crippen LogP) is 3.25. The number of hydrogen-bond acceptors (Lipinski definition) is 6. The quantitative estimate of drug-likeness (QED) is 0.888. The van der Waals surface area contributed by atoms with Gasteiger partial charge in [0, 0.05) is 23.5 Å². The van der Waals surface area contributed by atoms with Gasteiger partial charge in [-0.3, -0.25) is 15.0 Å². The second-order valence-electron chi connectivity index (χ2n) is 7.30. The van der Waals surface area contributed by atoms with Crippen LogP contribution in [0, 0.1) is 12.8 Å². The number of nitrogens with zero attached hydrogens (tertiary/aromatic N) is 2. The molecule has 0 bridgehead atoms. The van der Waals surface area contributed by atoms with Gasteiger partial charge in [0.1, 0.15) is 5.76 Å². The van der Waals surface area contributed by atoms with Crippen molar-refractivity contribution in [2.75, 3.05) is 31.6 Å². The molecule has 1 aliphatic carbocycles. The molecule has 26 heavy (non-hydrogen) atoms. The fraction of sp³-hybridized carbons (Fsp3) is 0.579. The number of carbonyl (C=O) groups is 1. The van der Waals surface area contributed by atoms with Crippen molar-refractivity contribution in [3.05, 3.63) is 33.7 Å². The van der Waals surface area contributed by atoms with Crippen molar-refractivity contribution in [2.45, 2.75) is 39.7 Å². The molecule has 6 nitrogen and oxygen atoms in total. The first-order chi connectivity index (χ1) is 12.6. The minimum absolute atomic E-state index is 0.213. The Morgan fingerprint density at radius 1 is 1.42 bits per heavy atom. The number of amides is 1. The highest BCUT2D eigenvalue weighted by molar-refractivity contribution is 7.15. The third-order valence-electron chi connectivity index (χ3n) is 5.06. The van der Waals surface area contributed by atoms with Crippen LogP contribution in [-0.4, -0.2) is 42.1 Å². The Balaban J connectivity index is 1.43. The van der Waals surface area contributed by atoms with Crippen LogP contribution in [0.2, 0.25) is 0 Å². The van der Waals surface area contributed by atoms with Crippen molar-refractivity contribution in [1.82, 2.24) is 9.88 Å². The van der Waals surface area contributed by atoms with Gasteiger partial charge < -0.3 is 9.15 Å². The summed E-state index contributed by atoms with van der Waals surface area (Å²) in [6, 6.07) is 1.96. The number of ether oxygens (including phenoxy) is 1. The van der Waals surface area contributed by atoms with Gasteiger partial charge in [0.15, 0.2) is 10.9 Å². The largest absolute Gasteiger partial charge is 0.454 e. The molecule has 0 spiro atoms. The average molecular weight is 375 g/mol. The fourth-order valence-corrected chi connectivity index (χ4v) is 4.74. The molecule has 2 aromatic rings. The van der Waals surface area contributed by atoms with Crippen molar-refractivity contribution < 1.29 is 13.9 Å². The zero-order valence-corrected chi connectivity index (χ0v) is 16.2. The lowest BCUT2D eigenvalue weighted by molar-refractivity contribution is 0.0312. The predicted molar refractivity (Wildman–Crippen MR) is 101 cm³/mol. The smallest absolute Gasteiger partial charge is 0.293 e. The van der Waals surface area contributed by atoms with E-state index in [0.29, 0.717) is 23.4 Å². The number of rotatable bonds is 4. The number of carbonyl (C=O) groups excluding carboxylic acids is 1. The molecule has 1 unspecified atom stereocenters. The van der Waals surface area contributed by atoms with Crippen LogP contribution in [0.25, 0.3) is 0 Å². The van der Waals surface area contributed by atoms with E-state index in [1.807, 2.05) is 13.0 Å². The highest BCUT2D eigenvalue weighted by atomic mass is 32.1. The number of furan rings is 1. The Morgan fingerprint density at radius 3 is 3.04 bits per heavy atom. The molecule has 140 valence electrons. The van der Waals surface area contributed by atoms with E-state index in [-0.39, 0.29) is 5.91 Å². The molecule has 0 saturated carbocycles. The normalized spacial score (nSPS) is 20.8. The highest BCUT2D eigenvalue weighted by Gasteiger charge is 2.23. The molecular formula is C19H25N3O3S. The number of morpholine rings is 1. The van der Waals surface area contributed by atoms with Crippen LogP contribution in [-0.2, 0) is 24.1 Å². The average Bonchev–Trinajstić information content (AvgIpc) is 3.18. The van der Waals surface area contributed by atoms with Gasteiger partial charge in [-0.15, -0.1) is 11.3 Å². The summed E-state index contributed by atoms with van der Waals surface area (Å²) in [5.41, 5.74) is 2.01. The number of aryl methyl sites for hydroxylation is 2. The first-order valence-corrected chi connectivity index (χ1v) is 10.1. The maximum absolute atomic E-state index is 12.6. The lowest BCUT2D eigenvalue weighted by Crippen LogP contribution is -2.35. The van der Waals surface area contributed by atoms with Crippen LogP contribution >= 0.6 is 11.3 Å². The summed E-state index contributed by atoms with van der Waals surface area (Å²) >= 11 is 1.60. The van der Waals surface area contributed by atoms with E-state index >= 15 is 0 Å². The maximum Gasteiger partial charge on any atom is 0.293 e. The van der Waals surface area contributed by atoms with E-state index in [0.717, 1.165) is 56.2 Å². The van der Waals surface area contributed by atoms with Gasteiger partial charge in [-0.05, 0) is 38.2 Å². The van der Waals surface area contributed by atoms with Crippen LogP contribution in [0.1, 0.15) is 45.8 Å². The topological polar surface area (TPSA) is 67.6 Å². The van der Waals surface area contributed by atoms with Gasteiger partial charge in [-0.25, -0.2) is 4.98 Å². The number of hydrogen-bond donors (Lipinski definition) is 1. The Morgan fingerprint density at radius 2 is 2.23 bits per heavy atom. The van der Waals surface area contributed by atoms with Crippen molar-refractivity contribution >= 4 is 22.4 Å². The molecule has 1 N–H and O–H groups in total. The van der Waals surface area contributed by atoms with Gasteiger partial charge in [-0.1, -0.05) is 6.92 Å². The van der Waals surface area contributed by atoms with Gasteiger partial charge in [-0.2, -0.15) is 0 Å². The first-order valence-electron chi connectivity index (χ1n) is 9.28. The lowest BCUT2D eigenvalue weighted by Gasteiger charge is -2.25. The SMILES string of the molecule is Cc1cc(CN2CCOCC2)oc1C(=O)Nc1nc2c(s1)CC(C)CC2. The molecule has 0 radical (unpaired) electrons. The minimum atomic E-state index is -0.213. The summed E-state index contributed by atoms with van der Waals surface area (Å²) in [5, 5.41) is 3.61. The number of thiazole rings is 1. The number of fused-ring (bicyclic) bond motifs is 1. The summed E-state index contributed by atoms with van der Waals surface area (Å²) in [7, 11) is 0. The van der Waals surface area contributed by atoms with Crippen molar-refractivity contribution in [3.8, 4) is 0 Å².